The van der Waals surface area contributed by atoms with Gasteiger partial charge in [-0.1, -0.05) is 18.2 Å². The Bertz CT molecular complexity index is 442. The van der Waals surface area contributed by atoms with Crippen LogP contribution in [0.1, 0.15) is 17.2 Å². The Morgan fingerprint density at radius 2 is 2.05 bits per heavy atom. The molecule has 0 saturated heterocycles. The molecule has 0 heterocycles. The third-order valence-corrected chi connectivity index (χ3v) is 2.20. The van der Waals surface area contributed by atoms with Crippen molar-refractivity contribution < 1.29 is 9.53 Å². The highest BCUT2D eigenvalue weighted by Gasteiger charge is 2.05. The Labute approximate surface area is 114 Å². The van der Waals surface area contributed by atoms with E-state index in [1.54, 1.807) is 33.5 Å². The summed E-state index contributed by atoms with van der Waals surface area (Å²) in [5.74, 6) is 0. The van der Waals surface area contributed by atoms with Crippen molar-refractivity contribution in [3.63, 3.8) is 0 Å². The molecule has 104 valence electrons. The van der Waals surface area contributed by atoms with Crippen LogP contribution in [0.2, 0.25) is 0 Å². The van der Waals surface area contributed by atoms with E-state index in [4.69, 9.17) is 11.5 Å². The maximum Gasteiger partial charge on any atom is 0.141 e. The zero-order valence-corrected chi connectivity index (χ0v) is 11.5. The predicted octanol–water partition coefficient (Wildman–Crippen LogP) is 1.15. The van der Waals surface area contributed by atoms with E-state index >= 15 is 0 Å². The van der Waals surface area contributed by atoms with Gasteiger partial charge in [-0.25, -0.2) is 0 Å². The number of nitrogens with zero attached hydrogens (tertiary/aromatic N) is 1. The zero-order valence-electron chi connectivity index (χ0n) is 11.5. The van der Waals surface area contributed by atoms with E-state index in [1.165, 1.54) is 6.20 Å². The van der Waals surface area contributed by atoms with Crippen molar-refractivity contribution in [2.45, 2.75) is 6.04 Å². The summed E-state index contributed by atoms with van der Waals surface area (Å²) >= 11 is 0. The minimum Gasteiger partial charge on any atom is -0.404 e. The van der Waals surface area contributed by atoms with Gasteiger partial charge < -0.3 is 21.0 Å². The molecule has 19 heavy (non-hydrogen) atoms. The Hall–Kier alpha value is -1.98. The van der Waals surface area contributed by atoms with Crippen LogP contribution in [-0.4, -0.2) is 33.8 Å². The highest BCUT2D eigenvalue weighted by Crippen LogP contribution is 2.16. The maximum atomic E-state index is 10.6. The molecule has 1 atom stereocenters. The molecule has 0 radical (unpaired) electrons. The molecule has 1 unspecified atom stereocenters. The molecule has 5 heteroatoms. The highest BCUT2D eigenvalue weighted by atomic mass is 16.4. The summed E-state index contributed by atoms with van der Waals surface area (Å²) in [6.45, 7) is 0. The summed E-state index contributed by atoms with van der Waals surface area (Å²) in [5.41, 5.74) is 13.6. The second-order valence-corrected chi connectivity index (χ2v) is 3.70. The molecular weight excluding hydrogens is 242 g/mol. The number of aliphatic imine (C=N–C) groups is 1. The summed E-state index contributed by atoms with van der Waals surface area (Å²) in [6.07, 6.45) is 3.84. The van der Waals surface area contributed by atoms with Crippen LogP contribution >= 0.6 is 0 Å². The van der Waals surface area contributed by atoms with Gasteiger partial charge in [-0.05, 0) is 17.2 Å². The van der Waals surface area contributed by atoms with Crippen LogP contribution in [0.25, 0.3) is 5.57 Å². The molecule has 0 aliphatic rings. The van der Waals surface area contributed by atoms with Crippen LogP contribution in [0.5, 0.6) is 0 Å². The number of allylic oxidation sites excluding steroid dienone is 1. The van der Waals surface area contributed by atoms with Crippen LogP contribution in [0.4, 0.5) is 0 Å². The molecule has 5 nitrogen and oxygen atoms in total. The number of hydrogen-bond donors (Lipinski definition) is 2. The van der Waals surface area contributed by atoms with E-state index < -0.39 is 6.04 Å². The van der Waals surface area contributed by atoms with Gasteiger partial charge in [-0.2, -0.15) is 0 Å². The number of nitrogens with two attached hydrogens (primary N) is 2. The molecule has 0 saturated carbocycles. The third-order valence-electron chi connectivity index (χ3n) is 2.20. The van der Waals surface area contributed by atoms with E-state index in [9.17, 15) is 4.79 Å². The van der Waals surface area contributed by atoms with Crippen LogP contribution in [0, 0.1) is 0 Å². The number of methoxy groups -OCH3 is 1. The number of aldehydes is 1. The number of hydrogen-bond acceptors (Lipinski definition) is 5. The van der Waals surface area contributed by atoms with Crippen LogP contribution in [0.15, 0.2) is 35.5 Å². The summed E-state index contributed by atoms with van der Waals surface area (Å²) in [6, 6.07) is 6.76. The van der Waals surface area contributed by atoms with E-state index in [-0.39, 0.29) is 0 Å². The van der Waals surface area contributed by atoms with Crippen molar-refractivity contribution in [2.24, 2.45) is 16.5 Å². The molecular formula is C14H21N3O2. The minimum atomic E-state index is -0.600. The molecule has 0 spiro atoms. The van der Waals surface area contributed by atoms with E-state index in [0.717, 1.165) is 16.7 Å². The van der Waals surface area contributed by atoms with Crippen molar-refractivity contribution in [1.29, 1.82) is 0 Å². The number of carbonyl (C=O) groups excluding carboxylic acids is 1. The van der Waals surface area contributed by atoms with Gasteiger partial charge in [0, 0.05) is 39.3 Å². The Morgan fingerprint density at radius 1 is 1.42 bits per heavy atom. The smallest absolute Gasteiger partial charge is 0.141 e. The normalized spacial score (nSPS) is 12.7. The van der Waals surface area contributed by atoms with Crippen molar-refractivity contribution in [3.05, 3.63) is 41.6 Å². The lowest BCUT2D eigenvalue weighted by atomic mass is 10.0. The molecule has 0 bridgehead atoms. The first-order chi connectivity index (χ1) is 9.14. The molecule has 4 N–H and O–H groups in total. The van der Waals surface area contributed by atoms with Gasteiger partial charge in [0.05, 0.1) is 6.04 Å². The molecule has 0 fully saturated rings. The maximum absolute atomic E-state index is 10.6. The van der Waals surface area contributed by atoms with Crippen LogP contribution in [-0.2, 0) is 9.53 Å². The number of rotatable bonds is 4. The topological polar surface area (TPSA) is 90.7 Å². The SMILES string of the molecule is CN=C/C(=C\N)c1cccc(C(N)C=O)c1.COC. The first kappa shape index (κ1) is 17.0. The monoisotopic (exact) mass is 263 g/mol. The molecule has 0 aliphatic carbocycles. The lowest BCUT2D eigenvalue weighted by Gasteiger charge is -2.07. The fourth-order valence-corrected chi connectivity index (χ4v) is 1.36. The lowest BCUT2D eigenvalue weighted by Crippen LogP contribution is -2.11. The largest absolute Gasteiger partial charge is 0.404 e. The molecule has 1 aromatic carbocycles. The summed E-state index contributed by atoms with van der Waals surface area (Å²) in [4.78, 5) is 14.5. The predicted molar refractivity (Wildman–Crippen MR) is 78.9 cm³/mol. The van der Waals surface area contributed by atoms with E-state index in [1.807, 2.05) is 18.2 Å². The van der Waals surface area contributed by atoms with Gasteiger partial charge in [0.1, 0.15) is 6.29 Å². The Morgan fingerprint density at radius 3 is 2.53 bits per heavy atom. The summed E-state index contributed by atoms with van der Waals surface area (Å²) in [7, 11) is 4.92. The average Bonchev–Trinajstić information content (AvgIpc) is 2.45. The molecule has 0 aliphatic heterocycles. The highest BCUT2D eigenvalue weighted by molar-refractivity contribution is 6.09. The fraction of sp³-hybridized carbons (Fsp3) is 0.286. The number of carbonyl (C=O) groups is 1. The molecule has 0 aromatic heterocycles. The van der Waals surface area contributed by atoms with E-state index in [2.05, 4.69) is 9.73 Å². The molecule has 1 rings (SSSR count). The standard InChI is InChI=1S/C12H15N3O.C2H6O/c1-15-7-11(6-13)9-3-2-4-10(5-9)12(14)8-16;1-3-2/h2-8,12H,13-14H2,1H3;1-2H3/b11-6+,15-7?;. The average molecular weight is 263 g/mol. The molecule has 1 aromatic rings. The van der Waals surface area contributed by atoms with Crippen molar-refractivity contribution in [3.8, 4) is 0 Å². The summed E-state index contributed by atoms with van der Waals surface area (Å²) in [5, 5.41) is 0. The second-order valence-electron chi connectivity index (χ2n) is 3.70. The van der Waals surface area contributed by atoms with Gasteiger partial charge in [0.2, 0.25) is 0 Å². The first-order valence-corrected chi connectivity index (χ1v) is 5.70. The zero-order chi connectivity index (χ0) is 14.7. The van der Waals surface area contributed by atoms with Gasteiger partial charge in [-0.3, -0.25) is 4.99 Å². The van der Waals surface area contributed by atoms with Crippen molar-refractivity contribution in [2.75, 3.05) is 21.3 Å². The van der Waals surface area contributed by atoms with Crippen molar-refractivity contribution in [1.82, 2.24) is 0 Å². The van der Waals surface area contributed by atoms with Gasteiger partial charge >= 0.3 is 0 Å². The Kier molecular flexibility index (Phi) is 8.95. The second kappa shape index (κ2) is 9.99. The molecule has 0 amide bonds. The van der Waals surface area contributed by atoms with Gasteiger partial charge in [-0.15, -0.1) is 0 Å². The lowest BCUT2D eigenvalue weighted by molar-refractivity contribution is -0.109. The first-order valence-electron chi connectivity index (χ1n) is 5.70. The van der Waals surface area contributed by atoms with Gasteiger partial charge in [0.15, 0.2) is 0 Å². The number of ether oxygens (including phenoxy) is 1. The summed E-state index contributed by atoms with van der Waals surface area (Å²) < 4.78 is 4.25. The van der Waals surface area contributed by atoms with E-state index in [0.29, 0.717) is 6.29 Å². The van der Waals surface area contributed by atoms with Gasteiger partial charge in [0.25, 0.3) is 0 Å². The minimum absolute atomic E-state index is 0.600. The third kappa shape index (κ3) is 5.94. The van der Waals surface area contributed by atoms with Crippen LogP contribution < -0.4 is 11.5 Å². The number of benzene rings is 1. The van der Waals surface area contributed by atoms with Crippen LogP contribution in [0.3, 0.4) is 0 Å². The quantitative estimate of drug-likeness (QED) is 0.629. The van der Waals surface area contributed by atoms with Crippen molar-refractivity contribution >= 4 is 18.1 Å². The Balaban J connectivity index is 0.000000982. The fourth-order valence-electron chi connectivity index (χ4n) is 1.36.